The first-order valence-corrected chi connectivity index (χ1v) is 24.0. The van der Waals surface area contributed by atoms with Gasteiger partial charge in [0.05, 0.1) is 0 Å². The first kappa shape index (κ1) is 53.6. The predicted octanol–water partition coefficient (Wildman–Crippen LogP) is 15.4. The molecule has 1 unspecified atom stereocenters. The standard InChI is InChI=1S/C50H90O6/c1-4-7-10-13-16-19-22-25-28-31-34-37-40-43-49(52)55-46-47(45-54-48(51)42-39-36-33-30-27-24-21-18-15-12-9-6-3)56-50(53)44-41-38-35-32-29-26-23-20-17-14-11-8-5-2/h18,21,25-26,28-29,47H,4-17,19-20,22-24,27,30-46H2,1-3H3/b21-18-,28-25-,29-26-. The van der Waals surface area contributed by atoms with Crippen molar-refractivity contribution in [2.45, 2.75) is 252 Å². The molecule has 0 aromatic heterocycles. The smallest absolute Gasteiger partial charge is 0.306 e. The second kappa shape index (κ2) is 45.3. The first-order chi connectivity index (χ1) is 27.5. The number of hydrogen-bond acceptors (Lipinski definition) is 6. The third-order valence-corrected chi connectivity index (χ3v) is 10.3. The second-order valence-corrected chi connectivity index (χ2v) is 16.0. The van der Waals surface area contributed by atoms with Gasteiger partial charge >= 0.3 is 17.9 Å². The molecule has 0 rings (SSSR count). The minimum Gasteiger partial charge on any atom is -0.462 e. The summed E-state index contributed by atoms with van der Waals surface area (Å²) in [7, 11) is 0. The van der Waals surface area contributed by atoms with Crippen LogP contribution in [0.5, 0.6) is 0 Å². The molecule has 0 heterocycles. The summed E-state index contributed by atoms with van der Waals surface area (Å²) in [5.74, 6) is -0.924. The van der Waals surface area contributed by atoms with E-state index in [2.05, 4.69) is 57.2 Å². The fraction of sp³-hybridized carbons (Fsp3) is 0.820. The molecule has 0 spiro atoms. The lowest BCUT2D eigenvalue weighted by Gasteiger charge is -2.18. The van der Waals surface area contributed by atoms with E-state index in [0.29, 0.717) is 19.3 Å². The highest BCUT2D eigenvalue weighted by molar-refractivity contribution is 5.71. The van der Waals surface area contributed by atoms with Crippen molar-refractivity contribution in [2.24, 2.45) is 0 Å². The van der Waals surface area contributed by atoms with Gasteiger partial charge in [0.25, 0.3) is 0 Å². The molecular formula is C50H90O6. The normalized spacial score (nSPS) is 12.3. The number of carbonyl (C=O) groups excluding carboxylic acids is 3. The highest BCUT2D eigenvalue weighted by Crippen LogP contribution is 2.13. The van der Waals surface area contributed by atoms with Crippen LogP contribution >= 0.6 is 0 Å². The van der Waals surface area contributed by atoms with Crippen LogP contribution in [0.3, 0.4) is 0 Å². The number of allylic oxidation sites excluding steroid dienone is 6. The van der Waals surface area contributed by atoms with E-state index in [1.54, 1.807) is 0 Å². The average molecular weight is 787 g/mol. The number of carbonyl (C=O) groups is 3. The van der Waals surface area contributed by atoms with Crippen LogP contribution < -0.4 is 0 Å². The van der Waals surface area contributed by atoms with Crippen molar-refractivity contribution < 1.29 is 28.6 Å². The fourth-order valence-electron chi connectivity index (χ4n) is 6.66. The van der Waals surface area contributed by atoms with E-state index in [-0.39, 0.29) is 31.1 Å². The van der Waals surface area contributed by atoms with Crippen LogP contribution in [0.4, 0.5) is 0 Å². The maximum atomic E-state index is 12.7. The van der Waals surface area contributed by atoms with Crippen LogP contribution in [-0.2, 0) is 28.6 Å². The Hall–Kier alpha value is -2.37. The number of rotatable bonds is 43. The zero-order chi connectivity index (χ0) is 40.8. The van der Waals surface area contributed by atoms with Crippen molar-refractivity contribution in [1.29, 1.82) is 0 Å². The van der Waals surface area contributed by atoms with Gasteiger partial charge in [0, 0.05) is 19.3 Å². The minimum atomic E-state index is -0.785. The summed E-state index contributed by atoms with van der Waals surface area (Å²) in [5, 5.41) is 0. The van der Waals surface area contributed by atoms with Crippen molar-refractivity contribution in [3.05, 3.63) is 36.5 Å². The van der Waals surface area contributed by atoms with Gasteiger partial charge in [-0.25, -0.2) is 0 Å². The van der Waals surface area contributed by atoms with Crippen molar-refractivity contribution in [1.82, 2.24) is 0 Å². The Balaban J connectivity index is 4.42. The second-order valence-electron chi connectivity index (χ2n) is 16.0. The highest BCUT2D eigenvalue weighted by Gasteiger charge is 2.19. The van der Waals surface area contributed by atoms with Gasteiger partial charge in [-0.2, -0.15) is 0 Å². The lowest BCUT2D eigenvalue weighted by Crippen LogP contribution is -2.30. The maximum Gasteiger partial charge on any atom is 0.306 e. The van der Waals surface area contributed by atoms with Crippen LogP contribution in [-0.4, -0.2) is 37.2 Å². The molecule has 1 atom stereocenters. The number of esters is 3. The average Bonchev–Trinajstić information content (AvgIpc) is 3.19. The molecule has 56 heavy (non-hydrogen) atoms. The van der Waals surface area contributed by atoms with E-state index in [0.717, 1.165) is 89.9 Å². The summed E-state index contributed by atoms with van der Waals surface area (Å²) in [4.78, 5) is 37.8. The molecule has 0 N–H and O–H groups in total. The monoisotopic (exact) mass is 787 g/mol. The molecular weight excluding hydrogens is 697 g/mol. The SMILES string of the molecule is CCCCC/C=C\CCCCCCCC(=O)OCC(COC(=O)CCCCC/C=C\CCCCCCCC)OC(=O)CCCCC/C=C\CCCCCCCC. The van der Waals surface area contributed by atoms with Gasteiger partial charge in [0.15, 0.2) is 6.10 Å². The van der Waals surface area contributed by atoms with Gasteiger partial charge in [-0.3, -0.25) is 14.4 Å². The molecule has 0 fully saturated rings. The summed E-state index contributed by atoms with van der Waals surface area (Å²) in [6, 6.07) is 0. The van der Waals surface area contributed by atoms with Gasteiger partial charge in [-0.1, -0.05) is 166 Å². The minimum absolute atomic E-state index is 0.0864. The van der Waals surface area contributed by atoms with Crippen LogP contribution in [0.15, 0.2) is 36.5 Å². The quantitative estimate of drug-likeness (QED) is 0.0265. The number of unbranched alkanes of at least 4 members (excludes halogenated alkanes) is 26. The van der Waals surface area contributed by atoms with E-state index in [9.17, 15) is 14.4 Å². The van der Waals surface area contributed by atoms with Crippen molar-refractivity contribution in [3.63, 3.8) is 0 Å². The summed E-state index contributed by atoms with van der Waals surface area (Å²) >= 11 is 0. The van der Waals surface area contributed by atoms with Gasteiger partial charge in [-0.15, -0.1) is 0 Å². The van der Waals surface area contributed by atoms with Crippen molar-refractivity contribution in [2.75, 3.05) is 13.2 Å². The van der Waals surface area contributed by atoms with E-state index >= 15 is 0 Å². The fourth-order valence-corrected chi connectivity index (χ4v) is 6.66. The third-order valence-electron chi connectivity index (χ3n) is 10.3. The molecule has 0 aliphatic heterocycles. The number of hydrogen-bond donors (Lipinski definition) is 0. The lowest BCUT2D eigenvalue weighted by atomic mass is 10.1. The molecule has 6 heteroatoms. The Morgan fingerprint density at radius 2 is 0.589 bits per heavy atom. The summed E-state index contributed by atoms with van der Waals surface area (Å²) in [6.45, 7) is 6.56. The third kappa shape index (κ3) is 42.8. The van der Waals surface area contributed by atoms with E-state index in [1.807, 2.05) is 0 Å². The zero-order valence-corrected chi connectivity index (χ0v) is 37.2. The summed E-state index contributed by atoms with van der Waals surface area (Å²) in [5.41, 5.74) is 0. The molecule has 326 valence electrons. The predicted molar refractivity (Wildman–Crippen MR) is 238 cm³/mol. The van der Waals surface area contributed by atoms with Gasteiger partial charge in [0.2, 0.25) is 0 Å². The molecule has 0 aliphatic carbocycles. The van der Waals surface area contributed by atoms with Gasteiger partial charge in [-0.05, 0) is 96.3 Å². The Labute approximate surface area is 346 Å². The van der Waals surface area contributed by atoms with E-state index < -0.39 is 6.10 Å². The Morgan fingerprint density at radius 1 is 0.339 bits per heavy atom. The first-order valence-electron chi connectivity index (χ1n) is 24.0. The van der Waals surface area contributed by atoms with Crippen LogP contribution in [0.1, 0.15) is 245 Å². The molecule has 0 saturated carbocycles. The molecule has 0 amide bonds. The summed E-state index contributed by atoms with van der Waals surface area (Å²) < 4.78 is 16.7. The molecule has 0 radical (unpaired) electrons. The van der Waals surface area contributed by atoms with Crippen LogP contribution in [0.2, 0.25) is 0 Å². The van der Waals surface area contributed by atoms with Crippen LogP contribution in [0.25, 0.3) is 0 Å². The molecule has 0 aromatic rings. The molecule has 0 aromatic carbocycles. The summed E-state index contributed by atoms with van der Waals surface area (Å²) in [6.07, 6.45) is 51.2. The van der Waals surface area contributed by atoms with E-state index in [1.165, 1.54) is 116 Å². The number of ether oxygens (including phenoxy) is 3. The molecule has 0 saturated heterocycles. The Kier molecular flexibility index (Phi) is 43.4. The van der Waals surface area contributed by atoms with Crippen molar-refractivity contribution in [3.8, 4) is 0 Å². The maximum absolute atomic E-state index is 12.7. The van der Waals surface area contributed by atoms with Gasteiger partial charge in [0.1, 0.15) is 13.2 Å². The Bertz CT molecular complexity index is 953. The van der Waals surface area contributed by atoms with Crippen molar-refractivity contribution >= 4 is 17.9 Å². The highest BCUT2D eigenvalue weighted by atomic mass is 16.6. The molecule has 6 nitrogen and oxygen atoms in total. The Morgan fingerprint density at radius 3 is 0.946 bits per heavy atom. The largest absolute Gasteiger partial charge is 0.462 e. The lowest BCUT2D eigenvalue weighted by molar-refractivity contribution is -0.167. The zero-order valence-electron chi connectivity index (χ0n) is 37.2. The van der Waals surface area contributed by atoms with Crippen LogP contribution in [0, 0.1) is 0 Å². The van der Waals surface area contributed by atoms with E-state index in [4.69, 9.17) is 14.2 Å². The molecule has 0 aliphatic rings. The topological polar surface area (TPSA) is 78.9 Å². The van der Waals surface area contributed by atoms with Gasteiger partial charge < -0.3 is 14.2 Å². The molecule has 0 bridgehead atoms.